The second kappa shape index (κ2) is 15.4. The lowest BCUT2D eigenvalue weighted by atomic mass is 10.2. The van der Waals surface area contributed by atoms with Gasteiger partial charge < -0.3 is 19.1 Å². The molecular formula is C28H36Cl2N2O3. The highest BCUT2D eigenvalue weighted by Crippen LogP contribution is 2.28. The first-order chi connectivity index (χ1) is 16.3. The van der Waals surface area contributed by atoms with Gasteiger partial charge in [0.2, 0.25) is 0 Å². The van der Waals surface area contributed by atoms with Crippen molar-refractivity contribution in [3.63, 3.8) is 0 Å². The molecule has 0 saturated carbocycles. The number of unbranched alkanes of at least 4 members (excludes halogenated alkanes) is 1. The highest BCUT2D eigenvalue weighted by atomic mass is 35.5. The standard InChI is InChI=1S/C28H34N2O3.2ClH/c1-31-28-12-6-5-11-27(28)30-20-18-29(19-21-30)17-7-8-22-32-25-13-15-26(16-14-25)33-23-24-9-3-2-4-10-24;;/h2-6,9-16H,7-8,17-23H2,1H3;2*1H. The molecule has 1 aliphatic rings. The number of ether oxygens (including phenoxy) is 3. The highest BCUT2D eigenvalue weighted by Gasteiger charge is 2.19. The van der Waals surface area contributed by atoms with E-state index in [0.29, 0.717) is 6.61 Å². The molecule has 0 aromatic heterocycles. The molecule has 1 heterocycles. The highest BCUT2D eigenvalue weighted by molar-refractivity contribution is 5.85. The molecule has 0 radical (unpaired) electrons. The number of methoxy groups -OCH3 is 1. The molecule has 0 spiro atoms. The van der Waals surface area contributed by atoms with Gasteiger partial charge in [0, 0.05) is 26.2 Å². The molecule has 1 fully saturated rings. The molecule has 0 unspecified atom stereocenters. The van der Waals surface area contributed by atoms with E-state index < -0.39 is 0 Å². The molecule has 3 aromatic rings. The summed E-state index contributed by atoms with van der Waals surface area (Å²) in [5, 5.41) is 0. The average Bonchev–Trinajstić information content (AvgIpc) is 2.89. The van der Waals surface area contributed by atoms with E-state index in [1.165, 1.54) is 11.3 Å². The van der Waals surface area contributed by atoms with Crippen molar-refractivity contribution in [2.24, 2.45) is 0 Å². The Morgan fingerprint density at radius 1 is 0.686 bits per heavy atom. The van der Waals surface area contributed by atoms with Crippen LogP contribution in [-0.4, -0.2) is 51.3 Å². The van der Waals surface area contributed by atoms with Crippen LogP contribution in [0.25, 0.3) is 0 Å². The van der Waals surface area contributed by atoms with Crippen LogP contribution in [0.4, 0.5) is 5.69 Å². The van der Waals surface area contributed by atoms with Crippen LogP contribution in [0, 0.1) is 0 Å². The molecule has 1 aliphatic heterocycles. The number of rotatable bonds is 11. The lowest BCUT2D eigenvalue weighted by Crippen LogP contribution is -2.46. The second-order valence-corrected chi connectivity index (χ2v) is 8.30. The fraction of sp³-hybridized carbons (Fsp3) is 0.357. The average molecular weight is 520 g/mol. The lowest BCUT2D eigenvalue weighted by molar-refractivity contribution is 0.238. The molecule has 0 amide bonds. The zero-order valence-corrected chi connectivity index (χ0v) is 21.9. The summed E-state index contributed by atoms with van der Waals surface area (Å²) in [5.74, 6) is 2.71. The molecule has 0 atom stereocenters. The fourth-order valence-corrected chi connectivity index (χ4v) is 4.10. The van der Waals surface area contributed by atoms with Gasteiger partial charge in [-0.05, 0) is 61.3 Å². The van der Waals surface area contributed by atoms with E-state index >= 15 is 0 Å². The van der Waals surface area contributed by atoms with Gasteiger partial charge in [0.05, 0.1) is 19.4 Å². The third kappa shape index (κ3) is 8.84. The predicted octanol–water partition coefficient (Wildman–Crippen LogP) is 6.10. The van der Waals surface area contributed by atoms with E-state index in [1.54, 1.807) is 7.11 Å². The van der Waals surface area contributed by atoms with E-state index in [2.05, 4.69) is 34.1 Å². The summed E-state index contributed by atoms with van der Waals surface area (Å²) in [6.07, 6.45) is 2.20. The number of piperazine rings is 1. The third-order valence-corrected chi connectivity index (χ3v) is 6.01. The van der Waals surface area contributed by atoms with E-state index in [0.717, 1.165) is 69.4 Å². The normalized spacial score (nSPS) is 13.3. The molecule has 5 nitrogen and oxygen atoms in total. The molecule has 0 bridgehead atoms. The van der Waals surface area contributed by atoms with Crippen LogP contribution in [0.5, 0.6) is 17.2 Å². The summed E-state index contributed by atoms with van der Waals surface area (Å²) in [4.78, 5) is 4.97. The minimum atomic E-state index is 0. The van der Waals surface area contributed by atoms with Crippen LogP contribution >= 0.6 is 24.8 Å². The maximum Gasteiger partial charge on any atom is 0.142 e. The maximum absolute atomic E-state index is 5.92. The van der Waals surface area contributed by atoms with Gasteiger partial charge in [-0.2, -0.15) is 0 Å². The Morgan fingerprint density at radius 3 is 2.00 bits per heavy atom. The summed E-state index contributed by atoms with van der Waals surface area (Å²) in [6, 6.07) is 26.4. The van der Waals surface area contributed by atoms with Crippen LogP contribution in [0.2, 0.25) is 0 Å². The Hall–Kier alpha value is -2.60. The predicted molar refractivity (Wildman–Crippen MR) is 148 cm³/mol. The third-order valence-electron chi connectivity index (χ3n) is 6.01. The zero-order valence-electron chi connectivity index (χ0n) is 20.3. The van der Waals surface area contributed by atoms with Gasteiger partial charge in [0.25, 0.3) is 0 Å². The van der Waals surface area contributed by atoms with Crippen LogP contribution in [0.3, 0.4) is 0 Å². The van der Waals surface area contributed by atoms with Crippen LogP contribution in [0.15, 0.2) is 78.9 Å². The van der Waals surface area contributed by atoms with E-state index in [9.17, 15) is 0 Å². The van der Waals surface area contributed by atoms with Crippen molar-refractivity contribution in [3.8, 4) is 17.2 Å². The molecule has 190 valence electrons. The van der Waals surface area contributed by atoms with Crippen molar-refractivity contribution in [2.75, 3.05) is 51.3 Å². The minimum absolute atomic E-state index is 0. The van der Waals surface area contributed by atoms with Gasteiger partial charge in [0.1, 0.15) is 23.9 Å². The van der Waals surface area contributed by atoms with Crippen LogP contribution < -0.4 is 19.1 Å². The van der Waals surface area contributed by atoms with Crippen molar-refractivity contribution < 1.29 is 14.2 Å². The number of hydrogen-bond donors (Lipinski definition) is 0. The van der Waals surface area contributed by atoms with Gasteiger partial charge in [0.15, 0.2) is 0 Å². The van der Waals surface area contributed by atoms with E-state index in [4.69, 9.17) is 14.2 Å². The topological polar surface area (TPSA) is 34.2 Å². The lowest BCUT2D eigenvalue weighted by Gasteiger charge is -2.36. The Morgan fingerprint density at radius 2 is 1.31 bits per heavy atom. The number of halogens is 2. The van der Waals surface area contributed by atoms with Crippen molar-refractivity contribution in [2.45, 2.75) is 19.4 Å². The Kier molecular flexibility index (Phi) is 12.6. The number of anilines is 1. The van der Waals surface area contributed by atoms with Gasteiger partial charge in [-0.25, -0.2) is 0 Å². The molecule has 4 rings (SSSR count). The van der Waals surface area contributed by atoms with Gasteiger partial charge in [-0.15, -0.1) is 24.8 Å². The van der Waals surface area contributed by atoms with Crippen LogP contribution in [0.1, 0.15) is 18.4 Å². The number of para-hydroxylation sites is 2. The Balaban J connectivity index is 0.00000216. The first-order valence-electron chi connectivity index (χ1n) is 11.8. The van der Waals surface area contributed by atoms with Crippen molar-refractivity contribution in [1.29, 1.82) is 0 Å². The van der Waals surface area contributed by atoms with E-state index in [-0.39, 0.29) is 24.8 Å². The number of benzene rings is 3. The monoisotopic (exact) mass is 518 g/mol. The zero-order chi connectivity index (χ0) is 22.7. The fourth-order valence-electron chi connectivity index (χ4n) is 4.10. The molecule has 0 aliphatic carbocycles. The summed E-state index contributed by atoms with van der Waals surface area (Å²) in [6.45, 7) is 6.69. The Bertz CT molecular complexity index is 965. The summed E-state index contributed by atoms with van der Waals surface area (Å²) < 4.78 is 17.3. The molecule has 0 N–H and O–H groups in total. The van der Waals surface area contributed by atoms with E-state index in [1.807, 2.05) is 54.6 Å². The largest absolute Gasteiger partial charge is 0.495 e. The molecule has 7 heteroatoms. The summed E-state index contributed by atoms with van der Waals surface area (Å²) >= 11 is 0. The smallest absolute Gasteiger partial charge is 0.142 e. The quantitative estimate of drug-likeness (QED) is 0.286. The van der Waals surface area contributed by atoms with Gasteiger partial charge in [-0.1, -0.05) is 42.5 Å². The summed E-state index contributed by atoms with van der Waals surface area (Å²) in [5.41, 5.74) is 2.36. The van der Waals surface area contributed by atoms with Gasteiger partial charge >= 0.3 is 0 Å². The molecule has 1 saturated heterocycles. The number of nitrogens with zero attached hydrogens (tertiary/aromatic N) is 2. The Labute approximate surface area is 221 Å². The second-order valence-electron chi connectivity index (χ2n) is 8.30. The molecule has 35 heavy (non-hydrogen) atoms. The summed E-state index contributed by atoms with van der Waals surface area (Å²) in [7, 11) is 1.74. The molecule has 3 aromatic carbocycles. The van der Waals surface area contributed by atoms with Gasteiger partial charge in [-0.3, -0.25) is 4.90 Å². The van der Waals surface area contributed by atoms with Crippen molar-refractivity contribution >= 4 is 30.5 Å². The minimum Gasteiger partial charge on any atom is -0.495 e. The maximum atomic E-state index is 5.92. The number of hydrogen-bond acceptors (Lipinski definition) is 5. The SMILES string of the molecule is COc1ccccc1N1CCN(CCCCOc2ccc(OCc3ccccc3)cc2)CC1.Cl.Cl. The first-order valence-corrected chi connectivity index (χ1v) is 11.8. The first kappa shape index (κ1) is 28.6. The van der Waals surface area contributed by atoms with Crippen molar-refractivity contribution in [3.05, 3.63) is 84.4 Å². The molecular weight excluding hydrogens is 483 g/mol. The van der Waals surface area contributed by atoms with Crippen molar-refractivity contribution in [1.82, 2.24) is 4.90 Å². The van der Waals surface area contributed by atoms with Crippen LogP contribution in [-0.2, 0) is 6.61 Å².